The van der Waals surface area contributed by atoms with Crippen LogP contribution in [-0.4, -0.2) is 30.3 Å². The maximum atomic E-state index is 11.7. The first kappa shape index (κ1) is 19.5. The van der Waals surface area contributed by atoms with Gasteiger partial charge in [-0.3, -0.25) is 4.79 Å². The number of aliphatic carboxylic acids is 1. The highest BCUT2D eigenvalue weighted by molar-refractivity contribution is 5.90. The number of carbonyl (C=O) groups is 2. The lowest BCUT2D eigenvalue weighted by Gasteiger charge is -2.08. The summed E-state index contributed by atoms with van der Waals surface area (Å²) in [4.78, 5) is 22.1. The zero-order valence-corrected chi connectivity index (χ0v) is 14.9. The van der Waals surface area contributed by atoms with Gasteiger partial charge in [-0.1, -0.05) is 24.3 Å². The highest BCUT2D eigenvalue weighted by Crippen LogP contribution is 2.23. The summed E-state index contributed by atoms with van der Waals surface area (Å²) in [5.41, 5.74) is 2.59. The van der Waals surface area contributed by atoms with Crippen LogP contribution in [0.5, 0.6) is 5.75 Å². The number of ether oxygens (including phenoxy) is 2. The van der Waals surface area contributed by atoms with Crippen LogP contribution in [0.2, 0.25) is 0 Å². The zero-order chi connectivity index (χ0) is 18.8. The first-order chi connectivity index (χ1) is 12.6. The van der Waals surface area contributed by atoms with Crippen LogP contribution in [0.4, 0.5) is 0 Å². The van der Waals surface area contributed by atoms with Gasteiger partial charge in [-0.25, -0.2) is 4.79 Å². The summed E-state index contributed by atoms with van der Waals surface area (Å²) in [6.07, 6.45) is 2.57. The van der Waals surface area contributed by atoms with Crippen molar-refractivity contribution in [2.75, 3.05) is 13.2 Å². The second-order valence-electron chi connectivity index (χ2n) is 5.88. The fourth-order valence-corrected chi connectivity index (χ4v) is 2.50. The average molecular weight is 356 g/mol. The van der Waals surface area contributed by atoms with Crippen LogP contribution in [0.3, 0.4) is 0 Å². The number of hydrogen-bond donors (Lipinski definition) is 1. The Bertz CT molecular complexity index is 704. The SMILES string of the molecule is CCOC(=O)c1ccc(-c2ccc(OCCCCCC(=O)O)cc2)cc1. The third-order valence-electron chi connectivity index (χ3n) is 3.89. The van der Waals surface area contributed by atoms with Crippen LogP contribution in [-0.2, 0) is 9.53 Å². The molecule has 0 bridgehead atoms. The number of carbonyl (C=O) groups excluding carboxylic acids is 1. The first-order valence-corrected chi connectivity index (χ1v) is 8.82. The van der Waals surface area contributed by atoms with E-state index in [1.54, 1.807) is 19.1 Å². The quantitative estimate of drug-likeness (QED) is 0.499. The molecule has 2 rings (SSSR count). The third-order valence-corrected chi connectivity index (χ3v) is 3.89. The van der Waals surface area contributed by atoms with E-state index in [1.807, 2.05) is 36.4 Å². The van der Waals surface area contributed by atoms with Crippen LogP contribution in [0.15, 0.2) is 48.5 Å². The normalized spacial score (nSPS) is 10.3. The molecule has 0 unspecified atom stereocenters. The predicted octanol–water partition coefficient (Wildman–Crippen LogP) is 4.55. The smallest absolute Gasteiger partial charge is 0.338 e. The molecule has 0 atom stereocenters. The van der Waals surface area contributed by atoms with Gasteiger partial charge in [-0.2, -0.15) is 0 Å². The zero-order valence-electron chi connectivity index (χ0n) is 14.9. The van der Waals surface area contributed by atoms with Crippen molar-refractivity contribution in [3.8, 4) is 16.9 Å². The predicted molar refractivity (Wildman–Crippen MR) is 99.4 cm³/mol. The Kier molecular flexibility index (Phi) is 7.68. The van der Waals surface area contributed by atoms with Crippen molar-refractivity contribution in [1.82, 2.24) is 0 Å². The van der Waals surface area contributed by atoms with Crippen LogP contribution in [0.25, 0.3) is 11.1 Å². The Balaban J connectivity index is 1.83. The van der Waals surface area contributed by atoms with E-state index < -0.39 is 5.97 Å². The molecule has 0 saturated carbocycles. The van der Waals surface area contributed by atoms with E-state index in [2.05, 4.69) is 0 Å². The summed E-state index contributed by atoms with van der Waals surface area (Å²) in [5, 5.41) is 8.58. The number of carboxylic acids is 1. The lowest BCUT2D eigenvalue weighted by molar-refractivity contribution is -0.137. The van der Waals surface area contributed by atoms with Crippen molar-refractivity contribution < 1.29 is 24.2 Å². The maximum absolute atomic E-state index is 11.7. The molecule has 5 heteroatoms. The highest BCUT2D eigenvalue weighted by atomic mass is 16.5. The molecular weight excluding hydrogens is 332 g/mol. The van der Waals surface area contributed by atoms with Gasteiger partial charge in [0.15, 0.2) is 0 Å². The molecule has 0 aliphatic carbocycles. The number of unbranched alkanes of at least 4 members (excludes halogenated alkanes) is 2. The molecule has 0 saturated heterocycles. The minimum atomic E-state index is -0.753. The maximum Gasteiger partial charge on any atom is 0.338 e. The summed E-state index contributed by atoms with van der Waals surface area (Å²) >= 11 is 0. The minimum absolute atomic E-state index is 0.212. The molecule has 0 heterocycles. The lowest BCUT2D eigenvalue weighted by Crippen LogP contribution is -2.03. The molecule has 0 aliphatic heterocycles. The number of esters is 1. The molecule has 0 amide bonds. The molecule has 2 aromatic rings. The lowest BCUT2D eigenvalue weighted by atomic mass is 10.0. The van der Waals surface area contributed by atoms with Gasteiger partial charge in [0, 0.05) is 6.42 Å². The van der Waals surface area contributed by atoms with Gasteiger partial charge in [-0.15, -0.1) is 0 Å². The molecule has 0 spiro atoms. The Labute approximate surface area is 153 Å². The van der Waals surface area contributed by atoms with Crippen LogP contribution in [0.1, 0.15) is 43.0 Å². The highest BCUT2D eigenvalue weighted by Gasteiger charge is 2.06. The van der Waals surface area contributed by atoms with E-state index in [0.29, 0.717) is 25.2 Å². The third kappa shape index (κ3) is 6.24. The monoisotopic (exact) mass is 356 g/mol. The Morgan fingerprint density at radius 2 is 1.50 bits per heavy atom. The van der Waals surface area contributed by atoms with E-state index in [9.17, 15) is 9.59 Å². The summed E-state index contributed by atoms with van der Waals surface area (Å²) in [6.45, 7) is 2.72. The molecule has 0 aliphatic rings. The number of carboxylic acid groups (broad SMARTS) is 1. The van der Waals surface area contributed by atoms with Gasteiger partial charge in [0.05, 0.1) is 18.8 Å². The fraction of sp³-hybridized carbons (Fsp3) is 0.333. The summed E-state index contributed by atoms with van der Waals surface area (Å²) in [5.74, 6) is -0.280. The average Bonchev–Trinajstić information content (AvgIpc) is 2.65. The molecule has 0 aromatic heterocycles. The molecule has 1 N–H and O–H groups in total. The van der Waals surface area contributed by atoms with Crippen LogP contribution >= 0.6 is 0 Å². The van der Waals surface area contributed by atoms with Crippen LogP contribution in [0, 0.1) is 0 Å². The van der Waals surface area contributed by atoms with Crippen molar-refractivity contribution in [3.05, 3.63) is 54.1 Å². The molecule has 26 heavy (non-hydrogen) atoms. The largest absolute Gasteiger partial charge is 0.494 e. The number of benzene rings is 2. The van der Waals surface area contributed by atoms with E-state index in [1.165, 1.54) is 0 Å². The van der Waals surface area contributed by atoms with Gasteiger partial charge >= 0.3 is 11.9 Å². The Morgan fingerprint density at radius 3 is 2.08 bits per heavy atom. The minimum Gasteiger partial charge on any atom is -0.494 e. The van der Waals surface area contributed by atoms with E-state index in [0.717, 1.165) is 29.7 Å². The van der Waals surface area contributed by atoms with E-state index in [4.69, 9.17) is 14.6 Å². The van der Waals surface area contributed by atoms with Crippen LogP contribution < -0.4 is 4.74 Å². The van der Waals surface area contributed by atoms with Crippen molar-refractivity contribution >= 4 is 11.9 Å². The molecule has 5 nitrogen and oxygen atoms in total. The molecule has 0 radical (unpaired) electrons. The van der Waals surface area contributed by atoms with Crippen molar-refractivity contribution in [2.45, 2.75) is 32.6 Å². The van der Waals surface area contributed by atoms with E-state index >= 15 is 0 Å². The summed E-state index contributed by atoms with van der Waals surface area (Å²) < 4.78 is 10.7. The standard InChI is InChI=1S/C21H24O5/c1-2-25-21(24)18-9-7-16(8-10-18)17-11-13-19(14-12-17)26-15-5-3-4-6-20(22)23/h7-14H,2-6,15H2,1H3,(H,22,23). The number of rotatable bonds is 10. The van der Waals surface area contributed by atoms with Gasteiger partial charge in [-0.05, 0) is 61.6 Å². The van der Waals surface area contributed by atoms with Crippen molar-refractivity contribution in [2.24, 2.45) is 0 Å². The van der Waals surface area contributed by atoms with Crippen molar-refractivity contribution in [3.63, 3.8) is 0 Å². The molecular formula is C21H24O5. The second-order valence-corrected chi connectivity index (χ2v) is 5.88. The molecule has 2 aromatic carbocycles. The van der Waals surface area contributed by atoms with Gasteiger partial charge in [0.25, 0.3) is 0 Å². The van der Waals surface area contributed by atoms with Gasteiger partial charge in [0.2, 0.25) is 0 Å². The Hall–Kier alpha value is -2.82. The fourth-order valence-electron chi connectivity index (χ4n) is 2.50. The van der Waals surface area contributed by atoms with Crippen molar-refractivity contribution in [1.29, 1.82) is 0 Å². The molecule has 0 fully saturated rings. The van der Waals surface area contributed by atoms with Gasteiger partial charge < -0.3 is 14.6 Å². The summed E-state index contributed by atoms with van der Waals surface area (Å²) in [6, 6.07) is 15.1. The van der Waals surface area contributed by atoms with Gasteiger partial charge in [0.1, 0.15) is 5.75 Å². The second kappa shape index (κ2) is 10.2. The first-order valence-electron chi connectivity index (χ1n) is 8.82. The number of hydrogen-bond acceptors (Lipinski definition) is 4. The topological polar surface area (TPSA) is 72.8 Å². The Morgan fingerprint density at radius 1 is 0.885 bits per heavy atom. The van der Waals surface area contributed by atoms with E-state index in [-0.39, 0.29) is 12.4 Å². The molecule has 138 valence electrons. The summed E-state index contributed by atoms with van der Waals surface area (Å²) in [7, 11) is 0.